The molecule has 6 aliphatic rings. The highest BCUT2D eigenvalue weighted by Crippen LogP contribution is 2.51. The van der Waals surface area contributed by atoms with Crippen LogP contribution in [0.5, 0.6) is 5.75 Å². The average molecular weight is 579 g/mol. The standard InChI is InChI=1S/C33H24Cl2N4O2/c1-3-39-21-11-7-5-9-17(21)25-23(39)15-13-19-31(25)41-33-27(35)28-32(26(34)29(33)37-19)40-30-18(36-28)12-14-22-24(30)16-8-4-6-10-20(16)38(22)2/h4-15,17,21,31-32H,3H2,1-2H3. The SMILES string of the molecule is CCN1C2=C(C3OC4=C(Cl)C5=Nc6ccc7c(c6OC5C(Cl)=C4N=C3C=C2)c2ccccc2n7C)C2C=CC=CC21. The summed E-state index contributed by atoms with van der Waals surface area (Å²) in [5.74, 6) is 1.36. The monoisotopic (exact) mass is 578 g/mol. The van der Waals surface area contributed by atoms with E-state index in [1.165, 1.54) is 11.3 Å². The second kappa shape index (κ2) is 8.28. The van der Waals surface area contributed by atoms with E-state index in [9.17, 15) is 0 Å². The molecule has 6 nitrogen and oxygen atoms in total. The molecule has 3 aliphatic heterocycles. The van der Waals surface area contributed by atoms with Crippen LogP contribution in [0.2, 0.25) is 0 Å². The quantitative estimate of drug-likeness (QED) is 0.307. The molecule has 202 valence electrons. The molecule has 0 fully saturated rings. The lowest BCUT2D eigenvalue weighted by Gasteiger charge is -2.36. The zero-order valence-electron chi connectivity index (χ0n) is 22.3. The molecule has 2 aromatic carbocycles. The van der Waals surface area contributed by atoms with Crippen molar-refractivity contribution in [3.05, 3.63) is 106 Å². The molecule has 9 rings (SSSR count). The van der Waals surface area contributed by atoms with Gasteiger partial charge in [0.15, 0.2) is 23.7 Å². The number of hydrogen-bond donors (Lipinski definition) is 0. The lowest BCUT2D eigenvalue weighted by Crippen LogP contribution is -2.40. The van der Waals surface area contributed by atoms with Crippen molar-refractivity contribution in [3.8, 4) is 5.75 Å². The van der Waals surface area contributed by atoms with E-state index in [-0.39, 0.29) is 18.1 Å². The van der Waals surface area contributed by atoms with E-state index in [1.807, 2.05) is 24.3 Å². The predicted molar refractivity (Wildman–Crippen MR) is 164 cm³/mol. The summed E-state index contributed by atoms with van der Waals surface area (Å²) >= 11 is 14.2. The van der Waals surface area contributed by atoms with Crippen molar-refractivity contribution in [1.29, 1.82) is 0 Å². The van der Waals surface area contributed by atoms with Crippen LogP contribution in [0.4, 0.5) is 5.69 Å². The molecule has 4 unspecified atom stereocenters. The summed E-state index contributed by atoms with van der Waals surface area (Å²) in [5, 5.41) is 2.92. The van der Waals surface area contributed by atoms with Crippen molar-refractivity contribution in [1.82, 2.24) is 9.47 Å². The van der Waals surface area contributed by atoms with Crippen LogP contribution in [0.3, 0.4) is 0 Å². The Labute approximate surface area is 246 Å². The van der Waals surface area contributed by atoms with Crippen LogP contribution in [0.25, 0.3) is 21.8 Å². The predicted octanol–water partition coefficient (Wildman–Crippen LogP) is 7.19. The molecule has 0 spiro atoms. The Morgan fingerprint density at radius 3 is 2.66 bits per heavy atom. The molecule has 0 N–H and O–H groups in total. The van der Waals surface area contributed by atoms with Crippen molar-refractivity contribution in [2.45, 2.75) is 25.2 Å². The summed E-state index contributed by atoms with van der Waals surface area (Å²) in [7, 11) is 2.06. The molecule has 4 atom stereocenters. The summed E-state index contributed by atoms with van der Waals surface area (Å²) in [6.45, 7) is 3.09. The minimum Gasteiger partial charge on any atom is -0.476 e. The van der Waals surface area contributed by atoms with Crippen molar-refractivity contribution < 1.29 is 9.47 Å². The summed E-state index contributed by atoms with van der Waals surface area (Å²) in [5.41, 5.74) is 7.17. The molecule has 3 aromatic rings. The Morgan fingerprint density at radius 2 is 1.78 bits per heavy atom. The number of para-hydroxylation sites is 1. The number of ether oxygens (including phenoxy) is 2. The first-order valence-electron chi connectivity index (χ1n) is 13.9. The van der Waals surface area contributed by atoms with Crippen LogP contribution in [0, 0.1) is 5.92 Å². The van der Waals surface area contributed by atoms with Gasteiger partial charge in [0.1, 0.15) is 22.1 Å². The van der Waals surface area contributed by atoms with E-state index < -0.39 is 6.10 Å². The zero-order chi connectivity index (χ0) is 27.6. The Balaban J connectivity index is 1.20. The number of allylic oxidation sites excluding steroid dienone is 3. The van der Waals surface area contributed by atoms with Gasteiger partial charge in [0.25, 0.3) is 0 Å². The van der Waals surface area contributed by atoms with Crippen LogP contribution >= 0.6 is 23.2 Å². The number of nitrogens with zero attached hydrogens (tertiary/aromatic N) is 4. The highest BCUT2D eigenvalue weighted by molar-refractivity contribution is 6.48. The van der Waals surface area contributed by atoms with Gasteiger partial charge in [-0.3, -0.25) is 0 Å². The fraction of sp³-hybridized carbons (Fsp3) is 0.212. The highest BCUT2D eigenvalue weighted by Gasteiger charge is 2.48. The normalized spacial score (nSPS) is 27.2. The van der Waals surface area contributed by atoms with E-state index in [2.05, 4.69) is 72.0 Å². The van der Waals surface area contributed by atoms with Crippen molar-refractivity contribution in [3.63, 3.8) is 0 Å². The molecule has 0 bridgehead atoms. The topological polar surface area (TPSA) is 51.4 Å². The van der Waals surface area contributed by atoms with Crippen molar-refractivity contribution >= 4 is 62.1 Å². The second-order valence-electron chi connectivity index (χ2n) is 11.0. The van der Waals surface area contributed by atoms with Crippen LogP contribution < -0.4 is 4.74 Å². The van der Waals surface area contributed by atoms with Crippen LogP contribution in [0.15, 0.2) is 116 Å². The molecule has 1 aromatic heterocycles. The number of fused-ring (bicyclic) bond motifs is 11. The van der Waals surface area contributed by atoms with Gasteiger partial charge >= 0.3 is 0 Å². The van der Waals surface area contributed by atoms with Gasteiger partial charge in [0, 0.05) is 41.7 Å². The van der Waals surface area contributed by atoms with Gasteiger partial charge in [-0.1, -0.05) is 65.7 Å². The minimum atomic E-state index is -0.676. The molecular formula is C33H24Cl2N4O2. The molecule has 0 saturated heterocycles. The van der Waals surface area contributed by atoms with Crippen molar-refractivity contribution in [2.24, 2.45) is 23.0 Å². The zero-order valence-corrected chi connectivity index (χ0v) is 23.8. The third-order valence-electron chi connectivity index (χ3n) is 9.04. The largest absolute Gasteiger partial charge is 0.476 e. The van der Waals surface area contributed by atoms with Gasteiger partial charge in [-0.05, 0) is 37.3 Å². The van der Waals surface area contributed by atoms with E-state index in [0.717, 1.165) is 34.1 Å². The fourth-order valence-electron chi connectivity index (χ4n) is 7.22. The van der Waals surface area contributed by atoms with Crippen LogP contribution in [-0.2, 0) is 11.8 Å². The highest BCUT2D eigenvalue weighted by atomic mass is 35.5. The molecule has 0 radical (unpaired) electrons. The van der Waals surface area contributed by atoms with Gasteiger partial charge in [-0.25, -0.2) is 9.98 Å². The number of aliphatic imine (C=N–C) groups is 2. The van der Waals surface area contributed by atoms with Gasteiger partial charge in [-0.15, -0.1) is 0 Å². The smallest absolute Gasteiger partial charge is 0.180 e. The Bertz CT molecular complexity index is 2000. The fourth-order valence-corrected chi connectivity index (χ4v) is 7.77. The Hall–Kier alpha value is -4.00. The van der Waals surface area contributed by atoms with E-state index in [1.54, 1.807) is 0 Å². The molecule has 41 heavy (non-hydrogen) atoms. The number of hydrogen-bond acceptors (Lipinski definition) is 5. The Morgan fingerprint density at radius 1 is 0.927 bits per heavy atom. The van der Waals surface area contributed by atoms with Gasteiger partial charge < -0.3 is 18.9 Å². The van der Waals surface area contributed by atoms with E-state index in [0.29, 0.717) is 38.7 Å². The first-order valence-corrected chi connectivity index (χ1v) is 14.6. The van der Waals surface area contributed by atoms with Gasteiger partial charge in [-0.2, -0.15) is 0 Å². The summed E-state index contributed by atoms with van der Waals surface area (Å²) in [6.07, 6.45) is 11.9. The number of aromatic nitrogens is 1. The maximum Gasteiger partial charge on any atom is 0.180 e. The number of aryl methyl sites for hydroxylation is 1. The third-order valence-corrected chi connectivity index (χ3v) is 9.78. The molecule has 4 heterocycles. The second-order valence-corrected chi connectivity index (χ2v) is 11.8. The minimum absolute atomic E-state index is 0.206. The lowest BCUT2D eigenvalue weighted by molar-refractivity contribution is 0.186. The molecule has 0 amide bonds. The first-order chi connectivity index (χ1) is 20.0. The molecule has 0 saturated carbocycles. The van der Waals surface area contributed by atoms with Crippen LogP contribution in [0.1, 0.15) is 6.92 Å². The summed E-state index contributed by atoms with van der Waals surface area (Å²) < 4.78 is 15.6. The number of benzene rings is 2. The van der Waals surface area contributed by atoms with E-state index in [4.69, 9.17) is 42.7 Å². The average Bonchev–Trinajstić information content (AvgIpc) is 3.50. The maximum atomic E-state index is 7.09. The number of rotatable bonds is 1. The number of likely N-dealkylation sites (N-methyl/N-ethyl adjacent to an activating group) is 1. The van der Waals surface area contributed by atoms with E-state index >= 15 is 0 Å². The van der Waals surface area contributed by atoms with Crippen LogP contribution in [-0.4, -0.2) is 45.7 Å². The summed E-state index contributed by atoms with van der Waals surface area (Å²) in [6, 6.07) is 12.6. The van der Waals surface area contributed by atoms with Gasteiger partial charge in [0.05, 0.1) is 27.7 Å². The third kappa shape index (κ3) is 2.99. The summed E-state index contributed by atoms with van der Waals surface area (Å²) in [4.78, 5) is 12.5. The maximum absolute atomic E-state index is 7.09. The molecule has 3 aliphatic carbocycles. The first kappa shape index (κ1) is 23.7. The van der Waals surface area contributed by atoms with Crippen molar-refractivity contribution in [2.75, 3.05) is 6.54 Å². The van der Waals surface area contributed by atoms with Gasteiger partial charge in [0.2, 0.25) is 0 Å². The molecular weight excluding hydrogens is 555 g/mol. The Kier molecular flexibility index (Phi) is 4.78. The number of halogens is 2. The molecule has 8 heteroatoms. The lowest BCUT2D eigenvalue weighted by atomic mass is 9.83.